The van der Waals surface area contributed by atoms with Gasteiger partial charge in [0.15, 0.2) is 0 Å². The molecule has 0 fully saturated rings. The normalized spacial score (nSPS) is 10.8. The second kappa shape index (κ2) is 7.01. The highest BCUT2D eigenvalue weighted by atomic mass is 16.5. The summed E-state index contributed by atoms with van der Waals surface area (Å²) in [5.74, 6) is 0.968. The fraction of sp³-hybridized carbons (Fsp3) is 0.429. The van der Waals surface area contributed by atoms with Gasteiger partial charge in [-0.15, -0.1) is 0 Å². The van der Waals surface area contributed by atoms with E-state index in [2.05, 4.69) is 46.6 Å². The number of methoxy groups -OCH3 is 1. The quantitative estimate of drug-likeness (QED) is 0.824. The zero-order chi connectivity index (χ0) is 13.5. The molecule has 0 spiro atoms. The van der Waals surface area contributed by atoms with E-state index in [4.69, 9.17) is 4.74 Å². The molecule has 2 rings (SSSR count). The molecule has 0 saturated carbocycles. The molecular weight excluding hydrogens is 240 g/mol. The monoisotopic (exact) mass is 260 g/mol. The van der Waals surface area contributed by atoms with Crippen molar-refractivity contribution >= 4 is 0 Å². The highest BCUT2D eigenvalue weighted by Crippen LogP contribution is 2.06. The molecule has 5 nitrogen and oxygen atoms in total. The van der Waals surface area contributed by atoms with Gasteiger partial charge in [-0.2, -0.15) is 5.10 Å². The van der Waals surface area contributed by atoms with Crippen molar-refractivity contribution in [3.63, 3.8) is 0 Å². The molecule has 0 aliphatic carbocycles. The lowest BCUT2D eigenvalue weighted by Gasteiger charge is -2.07. The average molecular weight is 260 g/mol. The van der Waals surface area contributed by atoms with E-state index in [1.807, 2.05) is 4.68 Å². The molecule has 1 aromatic carbocycles. The van der Waals surface area contributed by atoms with E-state index in [1.54, 1.807) is 13.4 Å². The Balaban J connectivity index is 1.87. The van der Waals surface area contributed by atoms with Gasteiger partial charge in [-0.05, 0) is 18.1 Å². The molecule has 0 atom stereocenters. The first-order valence-corrected chi connectivity index (χ1v) is 6.47. The van der Waals surface area contributed by atoms with Crippen LogP contribution >= 0.6 is 0 Å². The third kappa shape index (κ3) is 3.87. The van der Waals surface area contributed by atoms with Crippen molar-refractivity contribution in [2.24, 2.45) is 0 Å². The summed E-state index contributed by atoms with van der Waals surface area (Å²) in [6.07, 6.45) is 1.60. The first-order chi connectivity index (χ1) is 9.33. The Morgan fingerprint density at radius 2 is 2.11 bits per heavy atom. The van der Waals surface area contributed by atoms with Crippen LogP contribution in [-0.2, 0) is 31.0 Å². The van der Waals surface area contributed by atoms with Gasteiger partial charge in [0, 0.05) is 20.2 Å². The van der Waals surface area contributed by atoms with Crippen LogP contribution < -0.4 is 5.32 Å². The summed E-state index contributed by atoms with van der Waals surface area (Å²) in [6, 6.07) is 8.39. The Kier molecular flexibility index (Phi) is 5.06. The Morgan fingerprint density at radius 1 is 1.26 bits per heavy atom. The van der Waals surface area contributed by atoms with Gasteiger partial charge in [0.1, 0.15) is 12.2 Å². The van der Waals surface area contributed by atoms with E-state index < -0.39 is 0 Å². The van der Waals surface area contributed by atoms with Crippen molar-refractivity contribution < 1.29 is 4.74 Å². The third-order valence-corrected chi connectivity index (χ3v) is 2.91. The van der Waals surface area contributed by atoms with Gasteiger partial charge in [0.2, 0.25) is 0 Å². The van der Waals surface area contributed by atoms with Crippen LogP contribution in [0.15, 0.2) is 30.6 Å². The molecule has 0 bridgehead atoms. The molecule has 0 radical (unpaired) electrons. The number of hydrogen-bond donors (Lipinski definition) is 1. The summed E-state index contributed by atoms with van der Waals surface area (Å²) in [5, 5.41) is 7.53. The van der Waals surface area contributed by atoms with Gasteiger partial charge in [0.25, 0.3) is 0 Å². The molecule has 5 heteroatoms. The lowest BCUT2D eigenvalue weighted by Crippen LogP contribution is -2.17. The molecule has 0 aliphatic rings. The number of benzene rings is 1. The van der Waals surface area contributed by atoms with E-state index in [-0.39, 0.29) is 0 Å². The minimum absolute atomic E-state index is 0.651. The number of aromatic nitrogens is 3. The highest BCUT2D eigenvalue weighted by molar-refractivity contribution is 5.22. The van der Waals surface area contributed by atoms with Crippen LogP contribution in [0, 0.1) is 0 Å². The predicted molar refractivity (Wildman–Crippen MR) is 73.4 cm³/mol. The summed E-state index contributed by atoms with van der Waals surface area (Å²) in [4.78, 5) is 4.23. The fourth-order valence-corrected chi connectivity index (χ4v) is 2.00. The molecule has 0 unspecified atom stereocenters. The molecule has 102 valence electrons. The predicted octanol–water partition coefficient (Wildman–Crippen LogP) is 1.73. The zero-order valence-corrected chi connectivity index (χ0v) is 11.5. The van der Waals surface area contributed by atoms with Crippen LogP contribution in [0.4, 0.5) is 0 Å². The minimum atomic E-state index is 0.651. The Labute approximate surface area is 113 Å². The maximum Gasteiger partial charge on any atom is 0.140 e. The van der Waals surface area contributed by atoms with E-state index in [0.29, 0.717) is 6.61 Å². The second-order valence-electron chi connectivity index (χ2n) is 4.35. The highest BCUT2D eigenvalue weighted by Gasteiger charge is 2.02. The Morgan fingerprint density at radius 3 is 2.89 bits per heavy atom. The van der Waals surface area contributed by atoms with Crippen molar-refractivity contribution in [3.05, 3.63) is 47.5 Å². The van der Waals surface area contributed by atoms with E-state index >= 15 is 0 Å². The summed E-state index contributed by atoms with van der Waals surface area (Å²) >= 11 is 0. The van der Waals surface area contributed by atoms with Gasteiger partial charge in [0.05, 0.1) is 13.2 Å². The van der Waals surface area contributed by atoms with Crippen LogP contribution in [0.2, 0.25) is 0 Å². The molecule has 19 heavy (non-hydrogen) atoms. The van der Waals surface area contributed by atoms with E-state index in [0.717, 1.165) is 25.5 Å². The molecule has 0 saturated heterocycles. The SMILES string of the molecule is CCn1ncnc1CNCc1cccc(COC)c1. The maximum atomic E-state index is 5.13. The number of rotatable bonds is 7. The van der Waals surface area contributed by atoms with Gasteiger partial charge >= 0.3 is 0 Å². The smallest absolute Gasteiger partial charge is 0.140 e. The third-order valence-electron chi connectivity index (χ3n) is 2.91. The molecule has 2 aromatic rings. The standard InChI is InChI=1S/C14H20N4O/c1-3-18-14(16-11-17-18)9-15-8-12-5-4-6-13(7-12)10-19-2/h4-7,11,15H,3,8-10H2,1-2H3. The molecular formula is C14H20N4O. The van der Waals surface area contributed by atoms with Crippen LogP contribution in [-0.4, -0.2) is 21.9 Å². The van der Waals surface area contributed by atoms with Gasteiger partial charge in [-0.3, -0.25) is 0 Å². The van der Waals surface area contributed by atoms with Crippen molar-refractivity contribution in [1.82, 2.24) is 20.1 Å². The molecule has 1 N–H and O–H groups in total. The number of hydrogen-bond acceptors (Lipinski definition) is 4. The van der Waals surface area contributed by atoms with Gasteiger partial charge < -0.3 is 10.1 Å². The number of ether oxygens (including phenoxy) is 1. The van der Waals surface area contributed by atoms with Crippen LogP contribution in [0.25, 0.3) is 0 Å². The minimum Gasteiger partial charge on any atom is -0.380 e. The molecule has 1 heterocycles. The first-order valence-electron chi connectivity index (χ1n) is 6.47. The first kappa shape index (κ1) is 13.7. The number of aryl methyl sites for hydroxylation is 1. The average Bonchev–Trinajstić information content (AvgIpc) is 2.87. The molecule has 0 amide bonds. The zero-order valence-electron chi connectivity index (χ0n) is 11.5. The van der Waals surface area contributed by atoms with Crippen LogP contribution in [0.1, 0.15) is 23.9 Å². The van der Waals surface area contributed by atoms with E-state index in [1.165, 1.54) is 11.1 Å². The number of nitrogens with zero attached hydrogens (tertiary/aromatic N) is 3. The van der Waals surface area contributed by atoms with Gasteiger partial charge in [-0.25, -0.2) is 9.67 Å². The molecule has 1 aromatic heterocycles. The summed E-state index contributed by atoms with van der Waals surface area (Å²) in [7, 11) is 1.71. The Bertz CT molecular complexity index is 510. The lowest BCUT2D eigenvalue weighted by atomic mass is 10.1. The van der Waals surface area contributed by atoms with E-state index in [9.17, 15) is 0 Å². The maximum absolute atomic E-state index is 5.13. The lowest BCUT2D eigenvalue weighted by molar-refractivity contribution is 0.185. The fourth-order valence-electron chi connectivity index (χ4n) is 2.00. The summed E-state index contributed by atoms with van der Waals surface area (Å²) < 4.78 is 7.03. The summed E-state index contributed by atoms with van der Waals surface area (Å²) in [5.41, 5.74) is 2.44. The van der Waals surface area contributed by atoms with Crippen molar-refractivity contribution in [3.8, 4) is 0 Å². The van der Waals surface area contributed by atoms with Crippen molar-refractivity contribution in [2.75, 3.05) is 7.11 Å². The summed E-state index contributed by atoms with van der Waals surface area (Å²) in [6.45, 7) is 5.10. The largest absolute Gasteiger partial charge is 0.380 e. The van der Waals surface area contributed by atoms with Crippen LogP contribution in [0.3, 0.4) is 0 Å². The van der Waals surface area contributed by atoms with Gasteiger partial charge in [-0.1, -0.05) is 24.3 Å². The number of nitrogens with one attached hydrogen (secondary N) is 1. The second-order valence-corrected chi connectivity index (χ2v) is 4.35. The Hall–Kier alpha value is -1.72. The molecule has 0 aliphatic heterocycles. The van der Waals surface area contributed by atoms with Crippen molar-refractivity contribution in [1.29, 1.82) is 0 Å². The van der Waals surface area contributed by atoms with Crippen LogP contribution in [0.5, 0.6) is 0 Å². The van der Waals surface area contributed by atoms with Crippen molar-refractivity contribution in [2.45, 2.75) is 33.2 Å². The topological polar surface area (TPSA) is 52.0 Å².